The first-order valence-corrected chi connectivity index (χ1v) is 7.71. The van der Waals surface area contributed by atoms with Gasteiger partial charge in [0, 0.05) is 13.7 Å². The second-order valence-corrected chi connectivity index (χ2v) is 6.02. The first-order valence-electron chi connectivity index (χ1n) is 7.71. The molecule has 1 saturated heterocycles. The highest BCUT2D eigenvalue weighted by molar-refractivity contribution is 5.11. The van der Waals surface area contributed by atoms with E-state index in [0.717, 1.165) is 51.1 Å². The van der Waals surface area contributed by atoms with Crippen LogP contribution in [-0.4, -0.2) is 30.3 Å². The predicted molar refractivity (Wildman–Crippen MR) is 77.6 cm³/mol. The topological polar surface area (TPSA) is 60.2 Å². The Morgan fingerprint density at radius 3 is 2.80 bits per heavy atom. The summed E-state index contributed by atoms with van der Waals surface area (Å²) in [5.41, 5.74) is -0.460. The lowest BCUT2D eigenvalue weighted by atomic mass is 9.77. The van der Waals surface area contributed by atoms with Crippen molar-refractivity contribution in [3.05, 3.63) is 11.7 Å². The van der Waals surface area contributed by atoms with E-state index in [-0.39, 0.29) is 5.41 Å². The van der Waals surface area contributed by atoms with E-state index in [1.807, 2.05) is 6.92 Å². The van der Waals surface area contributed by atoms with Crippen LogP contribution < -0.4 is 5.32 Å². The molecule has 0 radical (unpaired) electrons. The van der Waals surface area contributed by atoms with Gasteiger partial charge >= 0.3 is 0 Å². The molecule has 2 unspecified atom stereocenters. The Morgan fingerprint density at radius 1 is 1.45 bits per heavy atom. The first kappa shape index (κ1) is 15.4. The molecule has 1 aliphatic rings. The number of hydrogen-bond donors (Lipinski definition) is 1. The van der Waals surface area contributed by atoms with Gasteiger partial charge in [0.05, 0.1) is 5.41 Å². The fourth-order valence-corrected chi connectivity index (χ4v) is 3.00. The third-order valence-electron chi connectivity index (χ3n) is 4.68. The highest BCUT2D eigenvalue weighted by atomic mass is 16.5. The van der Waals surface area contributed by atoms with E-state index in [1.54, 1.807) is 7.11 Å². The quantitative estimate of drug-likeness (QED) is 0.868. The van der Waals surface area contributed by atoms with E-state index in [9.17, 15) is 0 Å². The van der Waals surface area contributed by atoms with Crippen LogP contribution in [-0.2, 0) is 15.8 Å². The van der Waals surface area contributed by atoms with Crippen LogP contribution in [0.15, 0.2) is 4.52 Å². The van der Waals surface area contributed by atoms with E-state index in [1.165, 1.54) is 0 Å². The third kappa shape index (κ3) is 2.74. The molecule has 114 valence electrons. The maximum absolute atomic E-state index is 5.63. The molecule has 0 aromatic carbocycles. The minimum atomic E-state index is -0.461. The molecule has 5 nitrogen and oxygen atoms in total. The van der Waals surface area contributed by atoms with Crippen molar-refractivity contribution in [1.29, 1.82) is 0 Å². The monoisotopic (exact) mass is 281 g/mol. The highest BCUT2D eigenvalue weighted by Crippen LogP contribution is 2.36. The Balaban J connectivity index is 2.29. The van der Waals surface area contributed by atoms with Gasteiger partial charge in [0.2, 0.25) is 11.7 Å². The van der Waals surface area contributed by atoms with Crippen molar-refractivity contribution in [2.45, 2.75) is 63.9 Å². The summed E-state index contributed by atoms with van der Waals surface area (Å²) in [7, 11) is 1.70. The number of nitrogens with one attached hydrogen (secondary N) is 1. The van der Waals surface area contributed by atoms with Crippen LogP contribution >= 0.6 is 0 Å². The normalized spacial score (nSPS) is 26.4. The van der Waals surface area contributed by atoms with Crippen molar-refractivity contribution < 1.29 is 9.26 Å². The summed E-state index contributed by atoms with van der Waals surface area (Å²) in [5.74, 6) is 1.44. The summed E-state index contributed by atoms with van der Waals surface area (Å²) < 4.78 is 11.2. The lowest BCUT2D eigenvalue weighted by Crippen LogP contribution is -2.43. The zero-order valence-corrected chi connectivity index (χ0v) is 13.2. The van der Waals surface area contributed by atoms with Crippen molar-refractivity contribution in [2.75, 3.05) is 20.2 Å². The van der Waals surface area contributed by atoms with Gasteiger partial charge in [-0.25, -0.2) is 0 Å². The molecule has 0 amide bonds. The largest absolute Gasteiger partial charge is 0.370 e. The Hall–Kier alpha value is -0.940. The number of nitrogens with zero attached hydrogens (tertiary/aromatic N) is 2. The van der Waals surface area contributed by atoms with E-state index in [2.05, 4.69) is 24.3 Å². The molecule has 1 N–H and O–H groups in total. The van der Waals surface area contributed by atoms with E-state index in [0.29, 0.717) is 5.82 Å². The van der Waals surface area contributed by atoms with Gasteiger partial charge in [0.1, 0.15) is 5.60 Å². The van der Waals surface area contributed by atoms with Gasteiger partial charge in [-0.05, 0) is 39.2 Å². The van der Waals surface area contributed by atoms with Gasteiger partial charge in [-0.1, -0.05) is 25.4 Å². The zero-order chi connectivity index (χ0) is 14.6. The van der Waals surface area contributed by atoms with Crippen LogP contribution in [0.1, 0.15) is 64.6 Å². The lowest BCUT2D eigenvalue weighted by Gasteiger charge is -2.34. The van der Waals surface area contributed by atoms with Crippen molar-refractivity contribution in [2.24, 2.45) is 0 Å². The number of piperidine rings is 1. The summed E-state index contributed by atoms with van der Waals surface area (Å²) in [5, 5.41) is 7.67. The lowest BCUT2D eigenvalue weighted by molar-refractivity contribution is -0.0106. The number of hydrogen-bond acceptors (Lipinski definition) is 5. The second-order valence-electron chi connectivity index (χ2n) is 6.02. The van der Waals surface area contributed by atoms with Crippen LogP contribution in [0.3, 0.4) is 0 Å². The smallest absolute Gasteiger partial charge is 0.234 e. The van der Waals surface area contributed by atoms with Crippen molar-refractivity contribution >= 4 is 0 Å². The summed E-state index contributed by atoms with van der Waals surface area (Å²) in [4.78, 5) is 4.70. The van der Waals surface area contributed by atoms with Crippen LogP contribution in [0, 0.1) is 0 Å². The van der Waals surface area contributed by atoms with Crippen molar-refractivity contribution in [3.63, 3.8) is 0 Å². The summed E-state index contributed by atoms with van der Waals surface area (Å²) in [6.07, 6.45) is 5.30. The predicted octanol–water partition coefficient (Wildman–Crippen LogP) is 2.76. The van der Waals surface area contributed by atoms with Crippen LogP contribution in [0.4, 0.5) is 0 Å². The Kier molecular flexibility index (Phi) is 4.81. The Labute approximate surface area is 121 Å². The molecule has 20 heavy (non-hydrogen) atoms. The Morgan fingerprint density at radius 2 is 2.25 bits per heavy atom. The van der Waals surface area contributed by atoms with Crippen LogP contribution in [0.5, 0.6) is 0 Å². The highest BCUT2D eigenvalue weighted by Gasteiger charge is 2.40. The number of rotatable bonds is 6. The molecule has 1 aromatic heterocycles. The number of aromatic nitrogens is 2. The molecular weight excluding hydrogens is 254 g/mol. The van der Waals surface area contributed by atoms with Gasteiger partial charge in [-0.3, -0.25) is 0 Å². The standard InChI is InChI=1S/C15H27N3O2/c1-5-8-15(9-7-10-16-11-15)13-17-12(18-20-13)14(3,6-2)19-4/h16H,5-11H2,1-4H3. The van der Waals surface area contributed by atoms with Gasteiger partial charge in [-0.15, -0.1) is 0 Å². The molecule has 2 rings (SSSR count). The average Bonchev–Trinajstić information content (AvgIpc) is 2.99. The molecule has 2 heterocycles. The summed E-state index contributed by atoms with van der Waals surface area (Å²) in [6, 6.07) is 0. The minimum Gasteiger partial charge on any atom is -0.370 e. The molecular formula is C15H27N3O2. The fourth-order valence-electron chi connectivity index (χ4n) is 3.00. The SMILES string of the molecule is CCCC1(c2nc(C(C)(CC)OC)no2)CCCNC1. The molecule has 0 aliphatic carbocycles. The maximum Gasteiger partial charge on any atom is 0.234 e. The van der Waals surface area contributed by atoms with Crippen molar-refractivity contribution in [3.8, 4) is 0 Å². The van der Waals surface area contributed by atoms with Gasteiger partial charge in [-0.2, -0.15) is 4.98 Å². The minimum absolute atomic E-state index is 0.000638. The van der Waals surface area contributed by atoms with E-state index < -0.39 is 5.60 Å². The zero-order valence-electron chi connectivity index (χ0n) is 13.2. The molecule has 2 atom stereocenters. The molecule has 1 aromatic rings. The molecule has 5 heteroatoms. The molecule has 1 fully saturated rings. The molecule has 1 aliphatic heterocycles. The third-order valence-corrected chi connectivity index (χ3v) is 4.68. The Bertz CT molecular complexity index is 415. The van der Waals surface area contributed by atoms with Crippen molar-refractivity contribution in [1.82, 2.24) is 15.5 Å². The van der Waals surface area contributed by atoms with Crippen LogP contribution in [0.2, 0.25) is 0 Å². The fraction of sp³-hybridized carbons (Fsp3) is 0.867. The van der Waals surface area contributed by atoms with Crippen LogP contribution in [0.25, 0.3) is 0 Å². The second kappa shape index (κ2) is 6.22. The van der Waals surface area contributed by atoms with Gasteiger partial charge in [0.15, 0.2) is 0 Å². The van der Waals surface area contributed by atoms with E-state index in [4.69, 9.17) is 14.2 Å². The number of ether oxygens (including phenoxy) is 1. The number of methoxy groups -OCH3 is 1. The molecule has 0 saturated carbocycles. The maximum atomic E-state index is 5.63. The van der Waals surface area contributed by atoms with Gasteiger partial charge in [0.25, 0.3) is 0 Å². The summed E-state index contributed by atoms with van der Waals surface area (Å²) >= 11 is 0. The summed E-state index contributed by atoms with van der Waals surface area (Å²) in [6.45, 7) is 8.30. The molecule has 0 bridgehead atoms. The molecule has 0 spiro atoms. The first-order chi connectivity index (χ1) is 9.60. The van der Waals surface area contributed by atoms with Gasteiger partial charge < -0.3 is 14.6 Å². The van der Waals surface area contributed by atoms with E-state index >= 15 is 0 Å². The average molecular weight is 281 g/mol.